The third kappa shape index (κ3) is 1.70. The molecular weight excluding hydrogens is 130 g/mol. The van der Waals surface area contributed by atoms with E-state index in [1.54, 1.807) is 0 Å². The molecule has 0 aromatic heterocycles. The van der Waals surface area contributed by atoms with Crippen LogP contribution in [0.1, 0.15) is 26.2 Å². The van der Waals surface area contributed by atoms with Crippen LogP contribution in [0, 0.1) is 0 Å². The van der Waals surface area contributed by atoms with E-state index in [-0.39, 0.29) is 6.04 Å². The lowest BCUT2D eigenvalue weighted by molar-refractivity contribution is -0.140. The van der Waals surface area contributed by atoms with E-state index in [9.17, 15) is 4.79 Å². The van der Waals surface area contributed by atoms with E-state index in [4.69, 9.17) is 5.11 Å². The number of carboxylic acid groups (broad SMARTS) is 1. The smallest absolute Gasteiger partial charge is 0.320 e. The molecule has 2 atom stereocenters. The highest BCUT2D eigenvalue weighted by molar-refractivity contribution is 5.73. The van der Waals surface area contributed by atoms with Crippen molar-refractivity contribution in [2.24, 2.45) is 0 Å². The number of rotatable bonds is 1. The van der Waals surface area contributed by atoms with Crippen molar-refractivity contribution in [1.82, 2.24) is 5.32 Å². The van der Waals surface area contributed by atoms with Crippen LogP contribution in [0.4, 0.5) is 0 Å². The second-order valence-corrected chi connectivity index (χ2v) is 2.89. The van der Waals surface area contributed by atoms with Crippen molar-refractivity contribution in [2.45, 2.75) is 38.3 Å². The zero-order chi connectivity index (χ0) is 7.56. The van der Waals surface area contributed by atoms with E-state index in [1.165, 1.54) is 0 Å². The lowest BCUT2D eigenvalue weighted by atomic mass is 10.00. The molecule has 0 saturated carbocycles. The molecule has 0 aromatic carbocycles. The summed E-state index contributed by atoms with van der Waals surface area (Å²) < 4.78 is 0. The van der Waals surface area contributed by atoms with Crippen LogP contribution in [0.3, 0.4) is 0 Å². The van der Waals surface area contributed by atoms with Gasteiger partial charge in [0.05, 0.1) is 0 Å². The summed E-state index contributed by atoms with van der Waals surface area (Å²) in [4.78, 5) is 10.4. The number of piperidine rings is 1. The quantitative estimate of drug-likeness (QED) is 0.565. The first-order chi connectivity index (χ1) is 4.70. The molecule has 3 nitrogen and oxygen atoms in total. The van der Waals surface area contributed by atoms with E-state index in [2.05, 4.69) is 5.32 Å². The fourth-order valence-electron chi connectivity index (χ4n) is 1.33. The fourth-order valence-corrected chi connectivity index (χ4v) is 1.33. The second kappa shape index (κ2) is 3.01. The van der Waals surface area contributed by atoms with Crippen LogP contribution >= 0.6 is 0 Å². The van der Waals surface area contributed by atoms with Gasteiger partial charge >= 0.3 is 5.97 Å². The van der Waals surface area contributed by atoms with Gasteiger partial charge in [-0.15, -0.1) is 0 Å². The Labute approximate surface area is 60.4 Å². The molecule has 0 radical (unpaired) electrons. The lowest BCUT2D eigenvalue weighted by Gasteiger charge is -2.25. The summed E-state index contributed by atoms with van der Waals surface area (Å²) in [5, 5.41) is 11.6. The molecule has 1 aliphatic rings. The van der Waals surface area contributed by atoms with Crippen LogP contribution in [-0.2, 0) is 4.79 Å². The maximum atomic E-state index is 10.4. The minimum atomic E-state index is -0.716. The SMILES string of the molecule is C[C@H]1CCC[C@@H](C(=O)O)N1. The summed E-state index contributed by atoms with van der Waals surface area (Å²) in [6.45, 7) is 2.02. The first kappa shape index (κ1) is 7.54. The first-order valence-electron chi connectivity index (χ1n) is 3.69. The summed E-state index contributed by atoms with van der Waals surface area (Å²) in [5.74, 6) is -0.716. The maximum Gasteiger partial charge on any atom is 0.320 e. The average Bonchev–Trinajstić information content (AvgIpc) is 1.88. The zero-order valence-electron chi connectivity index (χ0n) is 6.13. The minimum Gasteiger partial charge on any atom is -0.480 e. The standard InChI is InChI=1S/C7H13NO2/c1-5-3-2-4-6(8-5)7(9)10/h5-6,8H,2-4H2,1H3,(H,9,10)/t5-,6-/m0/s1. The molecule has 1 fully saturated rings. The Kier molecular flexibility index (Phi) is 2.27. The molecule has 10 heavy (non-hydrogen) atoms. The summed E-state index contributed by atoms with van der Waals surface area (Å²) in [6, 6.07) is 0.0681. The first-order valence-corrected chi connectivity index (χ1v) is 3.69. The molecule has 0 spiro atoms. The Bertz CT molecular complexity index is 136. The zero-order valence-corrected chi connectivity index (χ0v) is 6.13. The van der Waals surface area contributed by atoms with Crippen molar-refractivity contribution >= 4 is 5.97 Å². The molecule has 58 valence electrons. The number of carbonyl (C=O) groups is 1. The molecule has 2 N–H and O–H groups in total. The van der Waals surface area contributed by atoms with E-state index in [1.807, 2.05) is 6.92 Å². The molecule has 0 aromatic rings. The predicted molar refractivity (Wildman–Crippen MR) is 37.9 cm³/mol. The third-order valence-electron chi connectivity index (χ3n) is 1.91. The minimum absolute atomic E-state index is 0.302. The molecule has 0 bridgehead atoms. The van der Waals surface area contributed by atoms with Crippen LogP contribution in [0.25, 0.3) is 0 Å². The Morgan fingerprint density at radius 3 is 2.70 bits per heavy atom. The van der Waals surface area contributed by atoms with Crippen LogP contribution in [0.2, 0.25) is 0 Å². The number of hydrogen-bond donors (Lipinski definition) is 2. The number of aliphatic carboxylic acids is 1. The van der Waals surface area contributed by atoms with Gasteiger partial charge in [-0.05, 0) is 26.2 Å². The largest absolute Gasteiger partial charge is 0.480 e. The van der Waals surface area contributed by atoms with Gasteiger partial charge in [0.1, 0.15) is 6.04 Å². The molecule has 1 saturated heterocycles. The Morgan fingerprint density at radius 2 is 2.30 bits per heavy atom. The summed E-state index contributed by atoms with van der Waals surface area (Å²) in [7, 11) is 0. The molecule has 1 heterocycles. The summed E-state index contributed by atoms with van der Waals surface area (Å²) >= 11 is 0. The third-order valence-corrected chi connectivity index (χ3v) is 1.91. The molecule has 0 unspecified atom stereocenters. The van der Waals surface area contributed by atoms with Crippen molar-refractivity contribution < 1.29 is 9.90 Å². The molecule has 1 aliphatic heterocycles. The lowest BCUT2D eigenvalue weighted by Crippen LogP contribution is -2.45. The highest BCUT2D eigenvalue weighted by Crippen LogP contribution is 2.11. The van der Waals surface area contributed by atoms with Crippen LogP contribution in [0.5, 0.6) is 0 Å². The van der Waals surface area contributed by atoms with Gasteiger partial charge in [0, 0.05) is 6.04 Å². The number of nitrogens with one attached hydrogen (secondary N) is 1. The Morgan fingerprint density at radius 1 is 1.60 bits per heavy atom. The monoisotopic (exact) mass is 143 g/mol. The van der Waals surface area contributed by atoms with E-state index >= 15 is 0 Å². The van der Waals surface area contributed by atoms with Gasteiger partial charge in [0.2, 0.25) is 0 Å². The highest BCUT2D eigenvalue weighted by atomic mass is 16.4. The molecular formula is C7H13NO2. The van der Waals surface area contributed by atoms with Crippen LogP contribution in [0.15, 0.2) is 0 Å². The van der Waals surface area contributed by atoms with Crippen molar-refractivity contribution in [1.29, 1.82) is 0 Å². The van der Waals surface area contributed by atoms with Crippen molar-refractivity contribution in [2.75, 3.05) is 0 Å². The maximum absolute atomic E-state index is 10.4. The van der Waals surface area contributed by atoms with E-state index in [0.29, 0.717) is 6.04 Å². The van der Waals surface area contributed by atoms with E-state index in [0.717, 1.165) is 19.3 Å². The van der Waals surface area contributed by atoms with Crippen molar-refractivity contribution in [3.05, 3.63) is 0 Å². The number of hydrogen-bond acceptors (Lipinski definition) is 2. The normalized spacial score (nSPS) is 33.7. The Hall–Kier alpha value is -0.570. The van der Waals surface area contributed by atoms with Gasteiger partial charge in [-0.2, -0.15) is 0 Å². The molecule has 0 aliphatic carbocycles. The topological polar surface area (TPSA) is 49.3 Å². The van der Waals surface area contributed by atoms with Gasteiger partial charge in [-0.25, -0.2) is 0 Å². The molecule has 1 rings (SSSR count). The molecule has 0 amide bonds. The van der Waals surface area contributed by atoms with E-state index < -0.39 is 5.97 Å². The highest BCUT2D eigenvalue weighted by Gasteiger charge is 2.22. The van der Waals surface area contributed by atoms with Crippen molar-refractivity contribution in [3.63, 3.8) is 0 Å². The second-order valence-electron chi connectivity index (χ2n) is 2.89. The van der Waals surface area contributed by atoms with Crippen LogP contribution < -0.4 is 5.32 Å². The van der Waals surface area contributed by atoms with Gasteiger partial charge in [0.25, 0.3) is 0 Å². The van der Waals surface area contributed by atoms with Gasteiger partial charge in [-0.3, -0.25) is 4.79 Å². The summed E-state index contributed by atoms with van der Waals surface area (Å²) in [6.07, 6.45) is 2.91. The van der Waals surface area contributed by atoms with Gasteiger partial charge in [-0.1, -0.05) is 0 Å². The van der Waals surface area contributed by atoms with Gasteiger partial charge in [0.15, 0.2) is 0 Å². The predicted octanol–water partition coefficient (Wildman–Crippen LogP) is 0.602. The Balaban J connectivity index is 2.39. The summed E-state index contributed by atoms with van der Waals surface area (Å²) in [5.41, 5.74) is 0. The average molecular weight is 143 g/mol. The fraction of sp³-hybridized carbons (Fsp3) is 0.857. The van der Waals surface area contributed by atoms with Crippen LogP contribution in [-0.4, -0.2) is 23.2 Å². The molecule has 3 heteroatoms. The van der Waals surface area contributed by atoms with Crippen molar-refractivity contribution in [3.8, 4) is 0 Å². The number of carboxylic acids is 1. The van der Waals surface area contributed by atoms with Gasteiger partial charge < -0.3 is 10.4 Å².